The fraction of sp³-hybridized carbons (Fsp3) is 0.222. The Balaban J connectivity index is 1.28. The molecular weight excluding hydrogens is 442 g/mol. The van der Waals surface area contributed by atoms with Gasteiger partial charge in [-0.25, -0.2) is 4.98 Å². The number of nitrogens with zero attached hydrogens (tertiary/aromatic N) is 3. The number of pyridine rings is 1. The van der Waals surface area contributed by atoms with Crippen molar-refractivity contribution in [1.29, 1.82) is 0 Å². The van der Waals surface area contributed by atoms with E-state index in [9.17, 15) is 4.79 Å². The zero-order chi connectivity index (χ0) is 24.0. The molecule has 0 aliphatic carbocycles. The van der Waals surface area contributed by atoms with E-state index in [-0.39, 0.29) is 5.91 Å². The average Bonchev–Trinajstić information content (AvgIpc) is 3.33. The van der Waals surface area contributed by atoms with Crippen molar-refractivity contribution in [3.63, 3.8) is 0 Å². The van der Waals surface area contributed by atoms with Gasteiger partial charge in [-0.15, -0.1) is 0 Å². The van der Waals surface area contributed by atoms with Crippen LogP contribution in [0.15, 0.2) is 79.5 Å². The molecule has 35 heavy (non-hydrogen) atoms. The molecule has 3 heterocycles. The van der Waals surface area contributed by atoms with Crippen LogP contribution in [0, 0.1) is 5.92 Å². The maximum atomic E-state index is 12.0. The third kappa shape index (κ3) is 5.27. The summed E-state index contributed by atoms with van der Waals surface area (Å²) in [7, 11) is 0. The summed E-state index contributed by atoms with van der Waals surface area (Å²) in [6.07, 6.45) is 5.10. The number of carbonyl (C=O) groups is 1. The molecule has 8 heteroatoms. The number of para-hydroxylation sites is 1. The topological polar surface area (TPSA) is 92.4 Å². The number of benzene rings is 2. The number of anilines is 1. The van der Waals surface area contributed by atoms with Gasteiger partial charge in [0.1, 0.15) is 28.4 Å². The number of H-pyrrole nitrogens is 1. The average molecular weight is 470 g/mol. The van der Waals surface area contributed by atoms with E-state index in [4.69, 9.17) is 9.47 Å². The van der Waals surface area contributed by atoms with Crippen molar-refractivity contribution < 1.29 is 14.3 Å². The van der Waals surface area contributed by atoms with Crippen molar-refractivity contribution in [3.05, 3.63) is 79.5 Å². The number of carbonyl (C=O) groups excluding carboxylic acids is 1. The Morgan fingerprint density at radius 1 is 1.09 bits per heavy atom. The van der Waals surface area contributed by atoms with Gasteiger partial charge in [0.05, 0.1) is 0 Å². The number of nitrogens with one attached hydrogen (secondary N) is 2. The van der Waals surface area contributed by atoms with E-state index in [0.717, 1.165) is 36.3 Å². The van der Waals surface area contributed by atoms with Crippen molar-refractivity contribution >= 4 is 22.8 Å². The molecular formula is C27H27N5O3. The van der Waals surface area contributed by atoms with Gasteiger partial charge in [-0.05, 0) is 61.2 Å². The SMILES string of the molecule is C=CC(=O)N1CCCC(CNc2n[nH]c3nccc(Oc4ccc(Oc5ccccc5)cc4)c23)C1. The fourth-order valence-corrected chi connectivity index (χ4v) is 4.26. The molecule has 5 rings (SSSR count). The highest BCUT2D eigenvalue weighted by molar-refractivity contribution is 5.93. The first-order chi connectivity index (χ1) is 17.2. The van der Waals surface area contributed by atoms with E-state index in [2.05, 4.69) is 27.1 Å². The Bertz CT molecular complexity index is 1300. The molecule has 2 N–H and O–H groups in total. The van der Waals surface area contributed by atoms with Gasteiger partial charge in [0.2, 0.25) is 5.91 Å². The number of aromatic amines is 1. The highest BCUT2D eigenvalue weighted by Crippen LogP contribution is 2.34. The molecule has 4 aromatic rings. The number of hydrogen-bond donors (Lipinski definition) is 2. The Morgan fingerprint density at radius 3 is 2.60 bits per heavy atom. The summed E-state index contributed by atoms with van der Waals surface area (Å²) in [6, 6.07) is 18.9. The van der Waals surface area contributed by atoms with Crippen LogP contribution in [-0.2, 0) is 4.79 Å². The van der Waals surface area contributed by atoms with Crippen LogP contribution in [0.3, 0.4) is 0 Å². The molecule has 1 saturated heterocycles. The second-order valence-corrected chi connectivity index (χ2v) is 8.47. The van der Waals surface area contributed by atoms with Gasteiger partial charge in [-0.3, -0.25) is 9.89 Å². The maximum absolute atomic E-state index is 12.0. The molecule has 0 radical (unpaired) electrons. The highest BCUT2D eigenvalue weighted by atomic mass is 16.5. The number of rotatable bonds is 8. The minimum Gasteiger partial charge on any atom is -0.457 e. The number of ether oxygens (including phenoxy) is 2. The number of aromatic nitrogens is 3. The molecule has 0 bridgehead atoms. The Kier molecular flexibility index (Phi) is 6.61. The first kappa shape index (κ1) is 22.5. The van der Waals surface area contributed by atoms with Crippen LogP contribution in [0.1, 0.15) is 12.8 Å². The molecule has 1 unspecified atom stereocenters. The molecule has 1 amide bonds. The Morgan fingerprint density at radius 2 is 1.83 bits per heavy atom. The van der Waals surface area contributed by atoms with Crippen molar-refractivity contribution in [1.82, 2.24) is 20.1 Å². The first-order valence-electron chi connectivity index (χ1n) is 11.7. The van der Waals surface area contributed by atoms with Crippen LogP contribution in [0.2, 0.25) is 0 Å². The summed E-state index contributed by atoms with van der Waals surface area (Å²) in [5.41, 5.74) is 0.640. The van der Waals surface area contributed by atoms with E-state index in [0.29, 0.717) is 42.0 Å². The van der Waals surface area contributed by atoms with E-state index in [1.807, 2.05) is 65.6 Å². The molecule has 1 aliphatic rings. The van der Waals surface area contributed by atoms with Crippen LogP contribution in [-0.4, -0.2) is 45.6 Å². The number of piperidine rings is 1. The lowest BCUT2D eigenvalue weighted by atomic mass is 9.98. The lowest BCUT2D eigenvalue weighted by Gasteiger charge is -2.32. The quantitative estimate of drug-likeness (QED) is 0.337. The zero-order valence-corrected chi connectivity index (χ0v) is 19.3. The van der Waals surface area contributed by atoms with Gasteiger partial charge >= 0.3 is 0 Å². The fourth-order valence-electron chi connectivity index (χ4n) is 4.26. The molecule has 2 aromatic heterocycles. The lowest BCUT2D eigenvalue weighted by Crippen LogP contribution is -2.41. The van der Waals surface area contributed by atoms with E-state index in [1.165, 1.54) is 6.08 Å². The molecule has 1 atom stereocenters. The molecule has 1 fully saturated rings. The summed E-state index contributed by atoms with van der Waals surface area (Å²) < 4.78 is 12.1. The molecule has 2 aromatic carbocycles. The number of fused-ring (bicyclic) bond motifs is 1. The third-order valence-electron chi connectivity index (χ3n) is 6.02. The Labute approximate surface area is 203 Å². The molecule has 0 spiro atoms. The predicted molar refractivity (Wildman–Crippen MR) is 135 cm³/mol. The number of likely N-dealkylation sites (tertiary alicyclic amines) is 1. The van der Waals surface area contributed by atoms with Gasteiger partial charge in [0.15, 0.2) is 11.5 Å². The summed E-state index contributed by atoms with van der Waals surface area (Å²) in [6.45, 7) is 5.78. The van der Waals surface area contributed by atoms with Crippen molar-refractivity contribution in [2.45, 2.75) is 12.8 Å². The maximum Gasteiger partial charge on any atom is 0.245 e. The second kappa shape index (κ2) is 10.3. The van der Waals surface area contributed by atoms with Crippen LogP contribution < -0.4 is 14.8 Å². The standard InChI is InChI=1S/C27H27N5O3/c1-2-24(33)32-16-6-7-19(18-32)17-29-27-25-23(14-15-28-26(25)30-31-27)35-22-12-10-21(11-13-22)34-20-8-4-3-5-9-20/h2-5,8-15,19H,1,6-7,16-18H2,(H2,28,29,30,31). The van der Waals surface area contributed by atoms with Gasteiger partial charge in [0.25, 0.3) is 0 Å². The normalized spacial score (nSPS) is 15.5. The van der Waals surface area contributed by atoms with E-state index < -0.39 is 0 Å². The van der Waals surface area contributed by atoms with Crippen LogP contribution >= 0.6 is 0 Å². The molecule has 178 valence electrons. The number of amides is 1. The summed E-state index contributed by atoms with van der Waals surface area (Å²) in [5, 5.41) is 11.6. The molecule has 0 saturated carbocycles. The monoisotopic (exact) mass is 469 g/mol. The van der Waals surface area contributed by atoms with Gasteiger partial charge in [0, 0.05) is 31.9 Å². The predicted octanol–water partition coefficient (Wildman–Crippen LogP) is 5.38. The van der Waals surface area contributed by atoms with Crippen molar-refractivity contribution in [2.24, 2.45) is 5.92 Å². The second-order valence-electron chi connectivity index (χ2n) is 8.47. The smallest absolute Gasteiger partial charge is 0.245 e. The van der Waals surface area contributed by atoms with Crippen LogP contribution in [0.5, 0.6) is 23.0 Å². The molecule has 8 nitrogen and oxygen atoms in total. The van der Waals surface area contributed by atoms with Crippen LogP contribution in [0.25, 0.3) is 11.0 Å². The van der Waals surface area contributed by atoms with Crippen LogP contribution in [0.4, 0.5) is 5.82 Å². The summed E-state index contributed by atoms with van der Waals surface area (Å²) in [5.74, 6) is 3.83. The van der Waals surface area contributed by atoms with E-state index >= 15 is 0 Å². The minimum absolute atomic E-state index is 0.0139. The summed E-state index contributed by atoms with van der Waals surface area (Å²) in [4.78, 5) is 18.2. The van der Waals surface area contributed by atoms with Gasteiger partial charge in [-0.2, -0.15) is 5.10 Å². The minimum atomic E-state index is -0.0139. The van der Waals surface area contributed by atoms with E-state index in [1.54, 1.807) is 6.20 Å². The summed E-state index contributed by atoms with van der Waals surface area (Å²) >= 11 is 0. The zero-order valence-electron chi connectivity index (χ0n) is 19.3. The number of hydrogen-bond acceptors (Lipinski definition) is 6. The van der Waals surface area contributed by atoms with Gasteiger partial charge < -0.3 is 19.7 Å². The van der Waals surface area contributed by atoms with Gasteiger partial charge in [-0.1, -0.05) is 24.8 Å². The Hall–Kier alpha value is -4.33. The molecule has 1 aliphatic heterocycles. The van der Waals surface area contributed by atoms with Crippen molar-refractivity contribution in [2.75, 3.05) is 25.0 Å². The highest BCUT2D eigenvalue weighted by Gasteiger charge is 2.23. The third-order valence-corrected chi connectivity index (χ3v) is 6.02. The van der Waals surface area contributed by atoms with Crippen molar-refractivity contribution in [3.8, 4) is 23.0 Å². The largest absolute Gasteiger partial charge is 0.457 e. The first-order valence-corrected chi connectivity index (χ1v) is 11.7. The lowest BCUT2D eigenvalue weighted by molar-refractivity contribution is -0.127.